The molecule has 1 aliphatic rings. The van der Waals surface area contributed by atoms with E-state index in [9.17, 15) is 14.7 Å². The van der Waals surface area contributed by atoms with Crippen molar-refractivity contribution >= 4 is 5.91 Å². The van der Waals surface area contributed by atoms with Crippen LogP contribution >= 0.6 is 0 Å². The predicted octanol–water partition coefficient (Wildman–Crippen LogP) is 1.89. The summed E-state index contributed by atoms with van der Waals surface area (Å²) >= 11 is 0. The summed E-state index contributed by atoms with van der Waals surface area (Å²) in [6.07, 6.45) is 1.95. The standard InChI is InChI=1S/C16H16N2O3/c19-13-4-1-3-11(9-13)10-18(12-7-8-12)16(21)14-5-2-6-15(20)17-14/h1-6,9,12,19H,7-8,10H2,(H,17,20). The number of hydrogen-bond donors (Lipinski definition) is 2. The van der Waals surface area contributed by atoms with Gasteiger partial charge in [-0.3, -0.25) is 9.59 Å². The number of pyridine rings is 1. The van der Waals surface area contributed by atoms with Gasteiger partial charge >= 0.3 is 0 Å². The highest BCUT2D eigenvalue weighted by Crippen LogP contribution is 2.29. The van der Waals surface area contributed by atoms with Crippen LogP contribution in [0.25, 0.3) is 0 Å². The van der Waals surface area contributed by atoms with Crippen molar-refractivity contribution in [2.24, 2.45) is 0 Å². The number of phenolic OH excluding ortho intramolecular Hbond substituents is 1. The summed E-state index contributed by atoms with van der Waals surface area (Å²) in [4.78, 5) is 28.2. The van der Waals surface area contributed by atoms with Crippen LogP contribution in [0.4, 0.5) is 0 Å². The Hall–Kier alpha value is -2.56. The number of nitrogens with one attached hydrogen (secondary N) is 1. The topological polar surface area (TPSA) is 73.4 Å². The molecule has 1 amide bonds. The van der Waals surface area contributed by atoms with Gasteiger partial charge in [-0.1, -0.05) is 18.2 Å². The van der Waals surface area contributed by atoms with Crippen LogP contribution < -0.4 is 5.56 Å². The highest BCUT2D eigenvalue weighted by Gasteiger charge is 2.33. The molecule has 0 atom stereocenters. The Labute approximate surface area is 121 Å². The Balaban J connectivity index is 1.85. The second-order valence-electron chi connectivity index (χ2n) is 5.26. The van der Waals surface area contributed by atoms with Crippen LogP contribution in [0.3, 0.4) is 0 Å². The lowest BCUT2D eigenvalue weighted by molar-refractivity contribution is 0.0723. The molecule has 1 aromatic heterocycles. The summed E-state index contributed by atoms with van der Waals surface area (Å²) in [7, 11) is 0. The van der Waals surface area contributed by atoms with Gasteiger partial charge in [-0.15, -0.1) is 0 Å². The molecule has 5 heteroatoms. The second kappa shape index (κ2) is 5.44. The molecular weight excluding hydrogens is 268 g/mol. The minimum absolute atomic E-state index is 0.182. The van der Waals surface area contributed by atoms with Crippen LogP contribution in [0.1, 0.15) is 28.9 Å². The third-order valence-electron chi connectivity index (χ3n) is 3.51. The molecule has 108 valence electrons. The first-order valence-electron chi connectivity index (χ1n) is 6.92. The number of aromatic amines is 1. The largest absolute Gasteiger partial charge is 0.508 e. The van der Waals surface area contributed by atoms with Crippen molar-refractivity contribution in [3.63, 3.8) is 0 Å². The number of amides is 1. The zero-order valence-electron chi connectivity index (χ0n) is 11.5. The van der Waals surface area contributed by atoms with E-state index in [1.54, 1.807) is 35.2 Å². The van der Waals surface area contributed by atoms with E-state index in [0.717, 1.165) is 18.4 Å². The van der Waals surface area contributed by atoms with E-state index in [2.05, 4.69) is 4.98 Å². The lowest BCUT2D eigenvalue weighted by Gasteiger charge is -2.22. The Morgan fingerprint density at radius 1 is 1.24 bits per heavy atom. The zero-order valence-corrected chi connectivity index (χ0v) is 11.5. The van der Waals surface area contributed by atoms with Gasteiger partial charge in [0.05, 0.1) is 0 Å². The van der Waals surface area contributed by atoms with Crippen LogP contribution in [0.5, 0.6) is 5.75 Å². The third kappa shape index (κ3) is 3.13. The van der Waals surface area contributed by atoms with Crippen molar-refractivity contribution in [2.45, 2.75) is 25.4 Å². The summed E-state index contributed by atoms with van der Waals surface area (Å²) < 4.78 is 0. The number of carbonyl (C=O) groups excluding carboxylic acids is 1. The number of carbonyl (C=O) groups is 1. The summed E-state index contributed by atoms with van der Waals surface area (Å²) in [5.41, 5.74) is 0.886. The molecule has 0 unspecified atom stereocenters. The Kier molecular flexibility index (Phi) is 3.48. The van der Waals surface area contributed by atoms with Crippen molar-refractivity contribution in [2.75, 3.05) is 0 Å². The summed E-state index contributed by atoms with van der Waals surface area (Å²) in [5.74, 6) is 0.00218. The molecule has 1 aliphatic carbocycles. The summed E-state index contributed by atoms with van der Waals surface area (Å²) in [6.45, 7) is 0.425. The molecule has 2 N–H and O–H groups in total. The summed E-state index contributed by atoms with van der Waals surface area (Å²) in [5, 5.41) is 9.52. The lowest BCUT2D eigenvalue weighted by atomic mass is 10.2. The van der Waals surface area contributed by atoms with Gasteiger partial charge in [-0.05, 0) is 36.6 Å². The molecule has 0 bridgehead atoms. The number of aromatic hydroxyl groups is 1. The van der Waals surface area contributed by atoms with Gasteiger partial charge in [0.1, 0.15) is 11.4 Å². The van der Waals surface area contributed by atoms with Gasteiger partial charge in [0.2, 0.25) is 5.56 Å². The van der Waals surface area contributed by atoms with E-state index in [-0.39, 0.29) is 23.3 Å². The summed E-state index contributed by atoms with van der Waals surface area (Å²) in [6, 6.07) is 11.7. The van der Waals surface area contributed by atoms with Gasteiger partial charge in [-0.2, -0.15) is 0 Å². The van der Waals surface area contributed by atoms with E-state index >= 15 is 0 Å². The van der Waals surface area contributed by atoms with E-state index < -0.39 is 0 Å². The fraction of sp³-hybridized carbons (Fsp3) is 0.250. The molecule has 0 radical (unpaired) electrons. The number of nitrogens with zero attached hydrogens (tertiary/aromatic N) is 1. The maximum absolute atomic E-state index is 12.6. The maximum Gasteiger partial charge on any atom is 0.270 e. The minimum Gasteiger partial charge on any atom is -0.508 e. The highest BCUT2D eigenvalue weighted by molar-refractivity contribution is 5.92. The zero-order chi connectivity index (χ0) is 14.8. The number of benzene rings is 1. The third-order valence-corrected chi connectivity index (χ3v) is 3.51. The molecule has 1 heterocycles. The molecular formula is C16H16N2O3. The average Bonchev–Trinajstić information content (AvgIpc) is 3.29. The minimum atomic E-state index is -0.283. The van der Waals surface area contributed by atoms with Crippen LogP contribution in [0.2, 0.25) is 0 Å². The number of aromatic nitrogens is 1. The quantitative estimate of drug-likeness (QED) is 0.900. The number of rotatable bonds is 4. The first kappa shape index (κ1) is 13.4. The van der Waals surface area contributed by atoms with Crippen molar-refractivity contribution in [3.05, 3.63) is 64.1 Å². The van der Waals surface area contributed by atoms with E-state index in [4.69, 9.17) is 0 Å². The SMILES string of the molecule is O=C(c1cccc(=O)[nH]1)N(Cc1cccc(O)c1)C1CC1. The average molecular weight is 284 g/mol. The lowest BCUT2D eigenvalue weighted by Crippen LogP contribution is -2.34. The molecule has 5 nitrogen and oxygen atoms in total. The smallest absolute Gasteiger partial charge is 0.270 e. The number of phenols is 1. The molecule has 3 rings (SSSR count). The van der Waals surface area contributed by atoms with Gasteiger partial charge in [-0.25, -0.2) is 0 Å². The van der Waals surface area contributed by atoms with Gasteiger partial charge in [0.25, 0.3) is 5.91 Å². The van der Waals surface area contributed by atoms with Gasteiger partial charge in [0, 0.05) is 18.7 Å². The van der Waals surface area contributed by atoms with Crippen molar-refractivity contribution in [3.8, 4) is 5.75 Å². The van der Waals surface area contributed by atoms with Gasteiger partial charge in [0.15, 0.2) is 0 Å². The number of H-pyrrole nitrogens is 1. The first-order chi connectivity index (χ1) is 10.1. The van der Waals surface area contributed by atoms with E-state index in [0.29, 0.717) is 12.2 Å². The van der Waals surface area contributed by atoms with Gasteiger partial charge < -0.3 is 15.0 Å². The van der Waals surface area contributed by atoms with E-state index in [1.807, 2.05) is 6.07 Å². The van der Waals surface area contributed by atoms with Crippen LogP contribution in [-0.2, 0) is 6.54 Å². The predicted molar refractivity (Wildman–Crippen MR) is 78.1 cm³/mol. The normalized spacial score (nSPS) is 13.9. The van der Waals surface area contributed by atoms with Crippen molar-refractivity contribution in [1.29, 1.82) is 0 Å². The highest BCUT2D eigenvalue weighted by atomic mass is 16.3. The van der Waals surface area contributed by atoms with E-state index in [1.165, 1.54) is 6.07 Å². The monoisotopic (exact) mass is 284 g/mol. The Morgan fingerprint density at radius 3 is 2.67 bits per heavy atom. The first-order valence-corrected chi connectivity index (χ1v) is 6.92. The molecule has 0 spiro atoms. The molecule has 21 heavy (non-hydrogen) atoms. The van der Waals surface area contributed by atoms with Crippen LogP contribution in [-0.4, -0.2) is 26.9 Å². The molecule has 1 saturated carbocycles. The second-order valence-corrected chi connectivity index (χ2v) is 5.26. The molecule has 0 saturated heterocycles. The van der Waals surface area contributed by atoms with Crippen LogP contribution in [0.15, 0.2) is 47.3 Å². The fourth-order valence-electron chi connectivity index (χ4n) is 2.33. The fourth-order valence-corrected chi connectivity index (χ4v) is 2.33. The molecule has 0 aliphatic heterocycles. The molecule has 1 aromatic carbocycles. The molecule has 2 aromatic rings. The van der Waals surface area contributed by atoms with Crippen molar-refractivity contribution in [1.82, 2.24) is 9.88 Å². The Morgan fingerprint density at radius 2 is 2.00 bits per heavy atom. The van der Waals surface area contributed by atoms with Crippen molar-refractivity contribution < 1.29 is 9.90 Å². The number of hydrogen-bond acceptors (Lipinski definition) is 3. The maximum atomic E-state index is 12.6. The molecule has 1 fully saturated rings. The Bertz CT molecular complexity index is 719. The van der Waals surface area contributed by atoms with Crippen LogP contribution in [0, 0.1) is 0 Å².